The Morgan fingerprint density at radius 2 is 2.22 bits per heavy atom. The Labute approximate surface area is 105 Å². The molecule has 2 aromatic rings. The molecule has 1 aromatic carbocycles. The topological polar surface area (TPSA) is 81.1 Å². The number of carbonyl (C=O) groups is 1. The monoisotopic (exact) mass is 247 g/mol. The summed E-state index contributed by atoms with van der Waals surface area (Å²) < 4.78 is 1.79. The molecule has 1 aromatic heterocycles. The highest BCUT2D eigenvalue weighted by molar-refractivity contribution is 5.80. The molecule has 0 bridgehead atoms. The van der Waals surface area contributed by atoms with Gasteiger partial charge in [-0.3, -0.25) is 0 Å². The maximum absolute atomic E-state index is 11.2. The first kappa shape index (κ1) is 12.6. The smallest absolute Gasteiger partial charge is 0.326 e. The molecule has 3 N–H and O–H groups in total. The van der Waals surface area contributed by atoms with Gasteiger partial charge in [0.1, 0.15) is 11.9 Å². The van der Waals surface area contributed by atoms with E-state index in [-0.39, 0.29) is 0 Å². The van der Waals surface area contributed by atoms with Gasteiger partial charge in [0.05, 0.1) is 11.0 Å². The first-order valence-electron chi connectivity index (χ1n) is 6.04. The Morgan fingerprint density at radius 3 is 2.89 bits per heavy atom. The summed E-state index contributed by atoms with van der Waals surface area (Å²) in [6.07, 6.45) is 1.50. The van der Waals surface area contributed by atoms with Crippen molar-refractivity contribution in [3.8, 4) is 0 Å². The molecular weight excluding hydrogens is 230 g/mol. The number of nitrogens with two attached hydrogens (primary N) is 1. The van der Waals surface area contributed by atoms with E-state index in [2.05, 4.69) is 4.98 Å². The van der Waals surface area contributed by atoms with Crippen LogP contribution in [0.15, 0.2) is 24.3 Å². The number of benzene rings is 1. The first-order valence-corrected chi connectivity index (χ1v) is 6.04. The molecule has 0 aliphatic rings. The van der Waals surface area contributed by atoms with Crippen molar-refractivity contribution in [1.29, 1.82) is 0 Å². The third-order valence-electron chi connectivity index (χ3n) is 3.02. The number of carboxylic acids is 1. The highest BCUT2D eigenvalue weighted by Crippen LogP contribution is 2.22. The van der Waals surface area contributed by atoms with Crippen LogP contribution in [-0.4, -0.2) is 27.2 Å². The predicted octanol–water partition coefficient (Wildman–Crippen LogP) is 1.57. The second-order valence-electron chi connectivity index (χ2n) is 4.29. The quantitative estimate of drug-likeness (QED) is 0.840. The predicted molar refractivity (Wildman–Crippen MR) is 69.5 cm³/mol. The summed E-state index contributed by atoms with van der Waals surface area (Å²) in [5.74, 6) is -0.0660. The van der Waals surface area contributed by atoms with Gasteiger partial charge in [0.15, 0.2) is 0 Å². The number of rotatable bonds is 5. The molecule has 0 radical (unpaired) electrons. The van der Waals surface area contributed by atoms with Crippen molar-refractivity contribution in [3.63, 3.8) is 0 Å². The highest BCUT2D eigenvalue weighted by Gasteiger charge is 2.20. The highest BCUT2D eigenvalue weighted by atomic mass is 16.4. The molecule has 1 atom stereocenters. The number of imidazole rings is 1. The van der Waals surface area contributed by atoms with Gasteiger partial charge in [-0.2, -0.15) is 0 Å². The van der Waals surface area contributed by atoms with E-state index in [4.69, 9.17) is 5.73 Å². The van der Waals surface area contributed by atoms with Crippen LogP contribution in [0.1, 0.15) is 25.2 Å². The summed E-state index contributed by atoms with van der Waals surface area (Å²) in [5.41, 5.74) is 7.19. The van der Waals surface area contributed by atoms with E-state index < -0.39 is 12.0 Å². The van der Waals surface area contributed by atoms with Crippen LogP contribution in [0.5, 0.6) is 0 Å². The minimum absolute atomic E-state index is 0.574. The molecule has 5 heteroatoms. The van der Waals surface area contributed by atoms with Crippen molar-refractivity contribution in [3.05, 3.63) is 30.1 Å². The third kappa shape index (κ3) is 2.22. The lowest BCUT2D eigenvalue weighted by atomic mass is 10.2. The van der Waals surface area contributed by atoms with Gasteiger partial charge < -0.3 is 15.4 Å². The molecule has 0 aliphatic heterocycles. The van der Waals surface area contributed by atoms with Crippen molar-refractivity contribution in [1.82, 2.24) is 9.55 Å². The molecule has 0 amide bonds. The van der Waals surface area contributed by atoms with Crippen molar-refractivity contribution >= 4 is 17.0 Å². The summed E-state index contributed by atoms with van der Waals surface area (Å²) in [5, 5.41) is 9.19. The normalized spacial score (nSPS) is 12.8. The molecule has 0 fully saturated rings. The number of nitrogens with zero attached hydrogens (tertiary/aromatic N) is 2. The van der Waals surface area contributed by atoms with Crippen LogP contribution >= 0.6 is 0 Å². The van der Waals surface area contributed by atoms with Crippen molar-refractivity contribution < 1.29 is 9.90 Å². The Bertz CT molecular complexity index is 562. The van der Waals surface area contributed by atoms with E-state index in [1.165, 1.54) is 0 Å². The molecule has 1 heterocycles. The summed E-state index contributed by atoms with van der Waals surface area (Å²) in [6, 6.07) is 6.96. The average Bonchev–Trinajstić information content (AvgIpc) is 2.73. The van der Waals surface area contributed by atoms with Crippen LogP contribution in [0.2, 0.25) is 0 Å². The lowest BCUT2D eigenvalue weighted by molar-refractivity contribution is -0.140. The Hall–Kier alpha value is -1.88. The van der Waals surface area contributed by atoms with E-state index >= 15 is 0 Å². The fourth-order valence-corrected chi connectivity index (χ4v) is 2.07. The second-order valence-corrected chi connectivity index (χ2v) is 4.29. The fraction of sp³-hybridized carbons (Fsp3) is 0.385. The van der Waals surface area contributed by atoms with Gasteiger partial charge >= 0.3 is 5.97 Å². The van der Waals surface area contributed by atoms with Crippen LogP contribution in [-0.2, 0) is 11.2 Å². The van der Waals surface area contributed by atoms with Crippen LogP contribution in [0.3, 0.4) is 0 Å². The zero-order valence-electron chi connectivity index (χ0n) is 10.3. The van der Waals surface area contributed by atoms with Crippen LogP contribution in [0, 0.1) is 0 Å². The SMILES string of the molecule is CC(C(=O)O)n1c(CCCN)nc2ccccc21. The van der Waals surface area contributed by atoms with Crippen LogP contribution < -0.4 is 5.73 Å². The lowest BCUT2D eigenvalue weighted by Gasteiger charge is -2.13. The summed E-state index contributed by atoms with van der Waals surface area (Å²) in [7, 11) is 0. The minimum atomic E-state index is -0.854. The number of para-hydroxylation sites is 2. The van der Waals surface area contributed by atoms with E-state index in [1.54, 1.807) is 11.5 Å². The fourth-order valence-electron chi connectivity index (χ4n) is 2.07. The number of hydrogen-bond donors (Lipinski definition) is 2. The van der Waals surface area contributed by atoms with E-state index in [9.17, 15) is 9.90 Å². The number of carboxylic acid groups (broad SMARTS) is 1. The molecule has 96 valence electrons. The molecule has 1 unspecified atom stereocenters. The molecule has 18 heavy (non-hydrogen) atoms. The Morgan fingerprint density at radius 1 is 1.50 bits per heavy atom. The summed E-state index contributed by atoms with van der Waals surface area (Å²) >= 11 is 0. The molecule has 0 saturated heterocycles. The third-order valence-corrected chi connectivity index (χ3v) is 3.02. The van der Waals surface area contributed by atoms with Gasteiger partial charge in [-0.1, -0.05) is 12.1 Å². The largest absolute Gasteiger partial charge is 0.480 e. The van der Waals surface area contributed by atoms with Crippen LogP contribution in [0.4, 0.5) is 0 Å². The van der Waals surface area contributed by atoms with Crippen molar-refractivity contribution in [2.24, 2.45) is 5.73 Å². The molecule has 0 spiro atoms. The zero-order valence-corrected chi connectivity index (χ0v) is 10.3. The van der Waals surface area contributed by atoms with E-state index in [0.717, 1.165) is 23.3 Å². The van der Waals surface area contributed by atoms with Gasteiger partial charge in [0.25, 0.3) is 0 Å². The first-order chi connectivity index (χ1) is 8.65. The van der Waals surface area contributed by atoms with E-state index in [1.807, 2.05) is 24.3 Å². The van der Waals surface area contributed by atoms with Crippen molar-refractivity contribution in [2.45, 2.75) is 25.8 Å². The maximum Gasteiger partial charge on any atom is 0.326 e. The Kier molecular flexibility index (Phi) is 3.62. The van der Waals surface area contributed by atoms with Gasteiger partial charge in [0.2, 0.25) is 0 Å². The number of aromatic nitrogens is 2. The summed E-state index contributed by atoms with van der Waals surface area (Å²) in [4.78, 5) is 15.7. The minimum Gasteiger partial charge on any atom is -0.480 e. The number of hydrogen-bond acceptors (Lipinski definition) is 3. The van der Waals surface area contributed by atoms with Gasteiger partial charge in [-0.15, -0.1) is 0 Å². The number of aryl methyl sites for hydroxylation is 1. The zero-order chi connectivity index (χ0) is 13.1. The van der Waals surface area contributed by atoms with Gasteiger partial charge in [-0.25, -0.2) is 9.78 Å². The molecule has 2 rings (SSSR count). The van der Waals surface area contributed by atoms with Crippen molar-refractivity contribution in [2.75, 3.05) is 6.54 Å². The average molecular weight is 247 g/mol. The van der Waals surface area contributed by atoms with Gasteiger partial charge in [0, 0.05) is 6.42 Å². The lowest BCUT2D eigenvalue weighted by Crippen LogP contribution is -2.18. The van der Waals surface area contributed by atoms with E-state index in [0.29, 0.717) is 13.0 Å². The molecule has 5 nitrogen and oxygen atoms in total. The summed E-state index contributed by atoms with van der Waals surface area (Å²) in [6.45, 7) is 2.24. The van der Waals surface area contributed by atoms with Gasteiger partial charge in [-0.05, 0) is 32.0 Å². The second kappa shape index (κ2) is 5.18. The number of fused-ring (bicyclic) bond motifs is 1. The molecule has 0 saturated carbocycles. The Balaban J connectivity index is 2.53. The molecule has 0 aliphatic carbocycles. The standard InChI is InChI=1S/C13H17N3O2/c1-9(13(17)18)16-11-6-3-2-5-10(11)15-12(16)7-4-8-14/h2-3,5-6,9H,4,7-8,14H2,1H3,(H,17,18). The maximum atomic E-state index is 11.2. The number of aliphatic carboxylic acids is 1. The van der Waals surface area contributed by atoms with Crippen LogP contribution in [0.25, 0.3) is 11.0 Å². The molecular formula is C13H17N3O2.